The van der Waals surface area contributed by atoms with Crippen molar-refractivity contribution >= 4 is 11.4 Å². The first-order valence-electron chi connectivity index (χ1n) is 4.31. The monoisotopic (exact) mass is 197 g/mol. The number of hydrogen-bond donors (Lipinski definition) is 4. The van der Waals surface area contributed by atoms with Gasteiger partial charge in [0.1, 0.15) is 0 Å². The molecule has 5 heteroatoms. The number of nitrogens with two attached hydrogens (primary N) is 1. The Balaban J connectivity index is 2.82. The van der Waals surface area contributed by atoms with Crippen LogP contribution in [0.4, 0.5) is 11.4 Å². The Morgan fingerprint density at radius 1 is 1.50 bits per heavy atom. The van der Waals surface area contributed by atoms with E-state index in [9.17, 15) is 0 Å². The van der Waals surface area contributed by atoms with E-state index < -0.39 is 5.54 Å². The molecular weight excluding hydrogens is 182 g/mol. The highest BCUT2D eigenvalue weighted by Gasteiger charge is 2.22. The maximum atomic E-state index is 9.06. The molecule has 1 heterocycles. The molecule has 1 aromatic rings. The second-order valence-corrected chi connectivity index (χ2v) is 3.46. The van der Waals surface area contributed by atoms with Crippen LogP contribution in [-0.4, -0.2) is 33.9 Å². The van der Waals surface area contributed by atoms with Gasteiger partial charge in [-0.2, -0.15) is 0 Å². The zero-order chi connectivity index (χ0) is 10.6. The Labute approximate surface area is 82.6 Å². The summed E-state index contributed by atoms with van der Waals surface area (Å²) in [6, 6.07) is 1.69. The van der Waals surface area contributed by atoms with Gasteiger partial charge < -0.3 is 21.3 Å². The molecule has 0 saturated carbocycles. The average Bonchev–Trinajstić information content (AvgIpc) is 2.21. The van der Waals surface area contributed by atoms with Crippen molar-refractivity contribution in [3.63, 3.8) is 0 Å². The van der Waals surface area contributed by atoms with Crippen molar-refractivity contribution in [3.05, 3.63) is 18.5 Å². The largest absolute Gasteiger partial charge is 0.396 e. The summed E-state index contributed by atoms with van der Waals surface area (Å²) in [6.07, 6.45) is 3.10. The Hall–Kier alpha value is -1.33. The van der Waals surface area contributed by atoms with E-state index in [0.717, 1.165) is 0 Å². The molecule has 1 rings (SSSR count). The van der Waals surface area contributed by atoms with Crippen LogP contribution in [-0.2, 0) is 0 Å². The van der Waals surface area contributed by atoms with E-state index in [4.69, 9.17) is 15.9 Å². The first-order chi connectivity index (χ1) is 6.61. The number of anilines is 2. The third-order valence-electron chi connectivity index (χ3n) is 1.99. The lowest BCUT2D eigenvalue weighted by Crippen LogP contribution is -2.42. The summed E-state index contributed by atoms with van der Waals surface area (Å²) in [6.45, 7) is 1.35. The van der Waals surface area contributed by atoms with Gasteiger partial charge in [-0.1, -0.05) is 0 Å². The molecule has 0 aliphatic heterocycles. The van der Waals surface area contributed by atoms with E-state index in [0.29, 0.717) is 11.4 Å². The van der Waals surface area contributed by atoms with Gasteiger partial charge in [0.05, 0.1) is 36.3 Å². The van der Waals surface area contributed by atoms with Crippen molar-refractivity contribution in [1.29, 1.82) is 0 Å². The van der Waals surface area contributed by atoms with E-state index >= 15 is 0 Å². The second-order valence-electron chi connectivity index (χ2n) is 3.46. The molecule has 0 aromatic carbocycles. The van der Waals surface area contributed by atoms with Crippen molar-refractivity contribution < 1.29 is 10.2 Å². The lowest BCUT2D eigenvalue weighted by atomic mass is 10.1. The van der Waals surface area contributed by atoms with Gasteiger partial charge in [-0.3, -0.25) is 4.98 Å². The predicted octanol–water partition coefficient (Wildman–Crippen LogP) is -0.181. The molecule has 0 fully saturated rings. The fourth-order valence-corrected chi connectivity index (χ4v) is 0.975. The molecule has 0 bridgehead atoms. The molecular formula is C9H15N3O2. The minimum atomic E-state index is -0.768. The summed E-state index contributed by atoms with van der Waals surface area (Å²) in [7, 11) is 0. The number of hydrogen-bond acceptors (Lipinski definition) is 5. The van der Waals surface area contributed by atoms with Gasteiger partial charge in [0.25, 0.3) is 0 Å². The number of aliphatic hydroxyl groups excluding tert-OH is 2. The Morgan fingerprint density at radius 3 is 2.64 bits per heavy atom. The van der Waals surface area contributed by atoms with Gasteiger partial charge in [0.15, 0.2) is 0 Å². The Morgan fingerprint density at radius 2 is 2.14 bits per heavy atom. The van der Waals surface area contributed by atoms with Crippen LogP contribution in [0.2, 0.25) is 0 Å². The molecule has 0 spiro atoms. The van der Waals surface area contributed by atoms with Gasteiger partial charge in [0, 0.05) is 6.20 Å². The fourth-order valence-electron chi connectivity index (χ4n) is 0.975. The standard InChI is InChI=1S/C9H15N3O2/c1-9(5-13,6-14)12-8-2-3-11-4-7(8)10/h2-4,13-14H,5-6,10H2,1H3,(H,11,12). The second kappa shape index (κ2) is 4.26. The minimum Gasteiger partial charge on any atom is -0.396 e. The zero-order valence-electron chi connectivity index (χ0n) is 8.07. The first kappa shape index (κ1) is 10.7. The highest BCUT2D eigenvalue weighted by molar-refractivity contribution is 5.65. The van der Waals surface area contributed by atoms with E-state index in [1.54, 1.807) is 19.2 Å². The van der Waals surface area contributed by atoms with Crippen LogP contribution in [0.25, 0.3) is 0 Å². The quantitative estimate of drug-likeness (QED) is 0.537. The molecule has 78 valence electrons. The van der Waals surface area contributed by atoms with Crippen molar-refractivity contribution in [2.24, 2.45) is 0 Å². The molecule has 0 aliphatic rings. The van der Waals surface area contributed by atoms with Crippen LogP contribution in [0.5, 0.6) is 0 Å². The number of aromatic nitrogens is 1. The van der Waals surface area contributed by atoms with Gasteiger partial charge >= 0.3 is 0 Å². The highest BCUT2D eigenvalue weighted by Crippen LogP contribution is 2.20. The molecule has 5 nitrogen and oxygen atoms in total. The zero-order valence-corrected chi connectivity index (χ0v) is 8.07. The number of aliphatic hydroxyl groups is 2. The predicted molar refractivity (Wildman–Crippen MR) is 54.8 cm³/mol. The van der Waals surface area contributed by atoms with Gasteiger partial charge in [-0.05, 0) is 13.0 Å². The Bertz CT molecular complexity index is 300. The smallest absolute Gasteiger partial charge is 0.0807 e. The molecule has 0 atom stereocenters. The summed E-state index contributed by atoms with van der Waals surface area (Å²) in [4.78, 5) is 3.84. The summed E-state index contributed by atoms with van der Waals surface area (Å²) in [5, 5.41) is 21.1. The van der Waals surface area contributed by atoms with Crippen molar-refractivity contribution in [2.45, 2.75) is 12.5 Å². The summed E-state index contributed by atoms with van der Waals surface area (Å²) in [5.74, 6) is 0. The molecule has 0 unspecified atom stereocenters. The van der Waals surface area contributed by atoms with E-state index in [-0.39, 0.29) is 13.2 Å². The highest BCUT2D eigenvalue weighted by atomic mass is 16.3. The molecule has 0 amide bonds. The van der Waals surface area contributed by atoms with Crippen LogP contribution in [0.1, 0.15) is 6.92 Å². The third-order valence-corrected chi connectivity index (χ3v) is 1.99. The lowest BCUT2D eigenvalue weighted by Gasteiger charge is -2.27. The topological polar surface area (TPSA) is 91.4 Å². The third kappa shape index (κ3) is 2.34. The number of pyridine rings is 1. The molecule has 0 radical (unpaired) electrons. The maximum absolute atomic E-state index is 9.06. The van der Waals surface area contributed by atoms with Crippen molar-refractivity contribution in [1.82, 2.24) is 4.98 Å². The van der Waals surface area contributed by atoms with E-state index in [2.05, 4.69) is 10.3 Å². The van der Waals surface area contributed by atoms with E-state index in [1.165, 1.54) is 6.20 Å². The number of nitrogen functional groups attached to an aromatic ring is 1. The van der Waals surface area contributed by atoms with Crippen LogP contribution in [0, 0.1) is 0 Å². The molecule has 14 heavy (non-hydrogen) atoms. The maximum Gasteiger partial charge on any atom is 0.0807 e. The molecule has 0 aliphatic carbocycles. The molecule has 5 N–H and O–H groups in total. The fraction of sp³-hybridized carbons (Fsp3) is 0.444. The molecule has 1 aromatic heterocycles. The van der Waals surface area contributed by atoms with Gasteiger partial charge in [-0.15, -0.1) is 0 Å². The molecule has 0 saturated heterocycles. The minimum absolute atomic E-state index is 0.175. The van der Waals surface area contributed by atoms with E-state index in [1.807, 2.05) is 0 Å². The normalized spacial score (nSPS) is 11.4. The number of nitrogens with one attached hydrogen (secondary N) is 1. The average molecular weight is 197 g/mol. The summed E-state index contributed by atoms with van der Waals surface area (Å²) >= 11 is 0. The van der Waals surface area contributed by atoms with Gasteiger partial charge in [0.2, 0.25) is 0 Å². The lowest BCUT2D eigenvalue weighted by molar-refractivity contribution is 0.147. The summed E-state index contributed by atoms with van der Waals surface area (Å²) in [5.41, 5.74) is 6.03. The Kier molecular flexibility index (Phi) is 3.27. The van der Waals surface area contributed by atoms with Crippen molar-refractivity contribution in [3.8, 4) is 0 Å². The van der Waals surface area contributed by atoms with Crippen LogP contribution >= 0.6 is 0 Å². The van der Waals surface area contributed by atoms with Crippen LogP contribution < -0.4 is 11.1 Å². The van der Waals surface area contributed by atoms with Crippen LogP contribution in [0.15, 0.2) is 18.5 Å². The summed E-state index contributed by atoms with van der Waals surface area (Å²) < 4.78 is 0. The number of nitrogens with zero attached hydrogens (tertiary/aromatic N) is 1. The van der Waals surface area contributed by atoms with Crippen molar-refractivity contribution in [2.75, 3.05) is 24.3 Å². The first-order valence-corrected chi connectivity index (χ1v) is 4.31. The van der Waals surface area contributed by atoms with Gasteiger partial charge in [-0.25, -0.2) is 0 Å². The SMILES string of the molecule is CC(CO)(CO)Nc1ccncc1N. The van der Waals surface area contributed by atoms with Crippen LogP contribution in [0.3, 0.4) is 0 Å². The number of rotatable bonds is 4.